The lowest BCUT2D eigenvalue weighted by atomic mass is 9.76. The maximum absolute atomic E-state index is 16.2. The van der Waals surface area contributed by atoms with Crippen molar-refractivity contribution in [2.24, 2.45) is 0 Å². The van der Waals surface area contributed by atoms with Crippen LogP contribution in [0.2, 0.25) is 0 Å². The summed E-state index contributed by atoms with van der Waals surface area (Å²) < 4.78 is 61.9. The number of benzene rings is 7. The molecule has 0 unspecified atom stereocenters. The second-order valence-corrected chi connectivity index (χ2v) is 14.2. The van der Waals surface area contributed by atoms with Crippen LogP contribution >= 0.6 is 0 Å². The molecule has 0 amide bonds. The molecular weight excluding hydrogens is 697 g/mol. The van der Waals surface area contributed by atoms with Crippen LogP contribution in [0.1, 0.15) is 49.7 Å². The fraction of sp³-hybridized carbons (Fsp3) is 0.143. The fourth-order valence-electron chi connectivity index (χ4n) is 7.73. The minimum Gasteiger partial charge on any atom is -0.507 e. The van der Waals surface area contributed by atoms with Gasteiger partial charge in [-0.15, -0.1) is 0 Å². The van der Waals surface area contributed by atoms with Crippen molar-refractivity contribution >= 4 is 0 Å². The van der Waals surface area contributed by atoms with E-state index in [4.69, 9.17) is 0 Å². The zero-order chi connectivity index (χ0) is 38.1. The Morgan fingerprint density at radius 3 is 1.56 bits per heavy atom. The summed E-state index contributed by atoms with van der Waals surface area (Å²) in [5.74, 6) is -1.63. The van der Waals surface area contributed by atoms with Crippen molar-refractivity contribution in [2.45, 2.75) is 44.9 Å². The van der Waals surface area contributed by atoms with Gasteiger partial charge in [-0.25, -0.2) is 13.2 Å². The van der Waals surface area contributed by atoms with Crippen LogP contribution in [-0.2, 0) is 6.42 Å². The Balaban J connectivity index is 1.30. The third-order valence-corrected chi connectivity index (χ3v) is 10.8. The van der Waals surface area contributed by atoms with E-state index in [1.54, 1.807) is 60.7 Å². The number of hydrogen-bond donors (Lipinski definition) is 1. The Kier molecular flexibility index (Phi) is 9.98. The van der Waals surface area contributed by atoms with E-state index in [-0.39, 0.29) is 45.2 Å². The summed E-state index contributed by atoms with van der Waals surface area (Å²) >= 11 is 0. The summed E-state index contributed by atoms with van der Waals surface area (Å²) in [6.07, 6.45) is 4.05. The van der Waals surface area contributed by atoms with Crippen LogP contribution in [0.4, 0.5) is 17.7 Å². The maximum atomic E-state index is 16.2. The molecule has 8 rings (SSSR count). The van der Waals surface area contributed by atoms with Gasteiger partial charge in [0.25, 0.3) is 0 Å². The third-order valence-electron chi connectivity index (χ3n) is 10.8. The molecule has 1 aliphatic carbocycles. The van der Waals surface area contributed by atoms with Crippen molar-refractivity contribution in [1.82, 2.24) is 0 Å². The average Bonchev–Trinajstić information content (AvgIpc) is 3.19. The molecule has 1 N–H and O–H groups in total. The first kappa shape index (κ1) is 35.9. The Hall–Kier alpha value is -6.14. The first-order valence-electron chi connectivity index (χ1n) is 18.7. The van der Waals surface area contributed by atoms with Gasteiger partial charge >= 0.3 is 0 Å². The predicted molar refractivity (Wildman–Crippen MR) is 213 cm³/mol. The molecule has 0 atom stereocenters. The monoisotopic (exact) mass is 734 g/mol. The zero-order valence-electron chi connectivity index (χ0n) is 30.3. The Labute approximate surface area is 318 Å². The Morgan fingerprint density at radius 1 is 0.527 bits per heavy atom. The largest absolute Gasteiger partial charge is 0.507 e. The van der Waals surface area contributed by atoms with Gasteiger partial charge in [-0.05, 0) is 136 Å². The predicted octanol–water partition coefficient (Wildman–Crippen LogP) is 14.3. The maximum Gasteiger partial charge on any atom is 0.180 e. The minimum atomic E-state index is -0.537. The molecule has 55 heavy (non-hydrogen) atoms. The number of phenolic OH excluding ortho intramolecular Hbond substituents is 1. The molecule has 0 aromatic heterocycles. The van der Waals surface area contributed by atoms with E-state index in [0.29, 0.717) is 28.7 Å². The second-order valence-electron chi connectivity index (χ2n) is 14.2. The SMILES string of the molecule is CCCc1cc(O)c(-c2cc(-c3ccccc3)ccc2F)cc1-c1cc(-c2cc(-c3cc(-c4ccccc4)ccc3F)c(OF)cc2C2CCC2)ccc1F. The highest BCUT2D eigenvalue weighted by Crippen LogP contribution is 2.48. The molecule has 0 aliphatic heterocycles. The Morgan fingerprint density at radius 2 is 1.04 bits per heavy atom. The topological polar surface area (TPSA) is 29.5 Å². The number of halogens is 4. The lowest BCUT2D eigenvalue weighted by molar-refractivity contribution is -0.00561. The molecule has 0 bridgehead atoms. The van der Waals surface area contributed by atoms with Gasteiger partial charge in [0, 0.05) is 32.3 Å². The van der Waals surface area contributed by atoms with Gasteiger partial charge in [-0.3, -0.25) is 4.94 Å². The molecule has 0 saturated heterocycles. The molecule has 7 aromatic carbocycles. The van der Waals surface area contributed by atoms with Gasteiger partial charge in [0.1, 0.15) is 23.2 Å². The van der Waals surface area contributed by atoms with Gasteiger partial charge in [-0.1, -0.05) is 98.6 Å². The molecule has 2 nitrogen and oxygen atoms in total. The van der Waals surface area contributed by atoms with Crippen molar-refractivity contribution < 1.29 is 27.7 Å². The second kappa shape index (κ2) is 15.3. The molecule has 0 spiro atoms. The summed E-state index contributed by atoms with van der Waals surface area (Å²) in [5, 5.41) is 11.3. The van der Waals surface area contributed by atoms with Crippen molar-refractivity contribution in [2.75, 3.05) is 0 Å². The standard InChI is InChI=1S/C49H38F4O2/c1-2-10-35-26-48(54)43(41-23-33(17-20-46(41)51)30-11-5-3-6-12-30)27-38(35)40-25-36(19-22-45(40)50)37-28-44(49(55-53)29-39(37)32-15-9-16-32)42-24-34(18-21-47(42)52)31-13-7-4-8-14-31/h3-8,11-14,17-29,32,54H,2,9-10,15-16H2,1H3. The number of aromatic hydroxyl groups is 1. The number of hydrogen-bond acceptors (Lipinski definition) is 2. The number of rotatable bonds is 10. The quantitative estimate of drug-likeness (QED) is 0.142. The first-order valence-corrected chi connectivity index (χ1v) is 18.7. The smallest absolute Gasteiger partial charge is 0.180 e. The highest BCUT2D eigenvalue weighted by atomic mass is 19.3. The van der Waals surface area contributed by atoms with Gasteiger partial charge in [0.2, 0.25) is 0 Å². The lowest BCUT2D eigenvalue weighted by Gasteiger charge is -2.29. The van der Waals surface area contributed by atoms with Crippen LogP contribution in [0.15, 0.2) is 140 Å². The van der Waals surface area contributed by atoms with Crippen molar-refractivity contribution in [3.63, 3.8) is 0 Å². The van der Waals surface area contributed by atoms with Gasteiger partial charge < -0.3 is 5.11 Å². The van der Waals surface area contributed by atoms with Crippen molar-refractivity contribution in [3.05, 3.63) is 168 Å². The molecule has 274 valence electrons. The van der Waals surface area contributed by atoms with Crippen LogP contribution < -0.4 is 4.94 Å². The summed E-state index contributed by atoms with van der Waals surface area (Å²) in [6.45, 7) is 2.00. The lowest BCUT2D eigenvalue weighted by Crippen LogP contribution is -2.10. The first-order chi connectivity index (χ1) is 26.8. The van der Waals surface area contributed by atoms with E-state index >= 15 is 13.2 Å². The molecular formula is C49H38F4O2. The van der Waals surface area contributed by atoms with E-state index in [1.165, 1.54) is 18.2 Å². The molecule has 1 aliphatic rings. The molecule has 0 heterocycles. The summed E-state index contributed by atoms with van der Waals surface area (Å²) in [4.78, 5) is 4.44. The molecule has 1 fully saturated rings. The van der Waals surface area contributed by atoms with Crippen LogP contribution in [0.5, 0.6) is 11.5 Å². The van der Waals surface area contributed by atoms with E-state index < -0.39 is 17.5 Å². The summed E-state index contributed by atoms with van der Waals surface area (Å²) in [7, 11) is 0. The molecule has 7 aromatic rings. The normalized spacial score (nSPS) is 12.7. The Bertz CT molecular complexity index is 2510. The number of aryl methyl sites for hydroxylation is 1. The zero-order valence-corrected chi connectivity index (χ0v) is 30.3. The molecule has 6 heteroatoms. The van der Waals surface area contributed by atoms with E-state index in [2.05, 4.69) is 4.94 Å². The van der Waals surface area contributed by atoms with Crippen LogP contribution in [0.25, 0.3) is 66.8 Å². The van der Waals surface area contributed by atoms with Gasteiger partial charge in [-0.2, -0.15) is 0 Å². The van der Waals surface area contributed by atoms with Crippen LogP contribution in [-0.4, -0.2) is 5.11 Å². The highest BCUT2D eigenvalue weighted by molar-refractivity contribution is 5.87. The molecule has 1 saturated carbocycles. The fourth-order valence-corrected chi connectivity index (χ4v) is 7.73. The van der Waals surface area contributed by atoms with E-state index in [1.807, 2.05) is 67.6 Å². The van der Waals surface area contributed by atoms with E-state index in [0.717, 1.165) is 53.5 Å². The van der Waals surface area contributed by atoms with E-state index in [9.17, 15) is 9.63 Å². The minimum absolute atomic E-state index is 0.0923. The van der Waals surface area contributed by atoms with Crippen molar-refractivity contribution in [1.29, 1.82) is 0 Å². The van der Waals surface area contributed by atoms with Crippen LogP contribution in [0, 0.1) is 17.5 Å². The highest BCUT2D eigenvalue weighted by Gasteiger charge is 2.27. The average molecular weight is 735 g/mol. The third kappa shape index (κ3) is 7.01. The van der Waals surface area contributed by atoms with Gasteiger partial charge in [0.05, 0.1) is 0 Å². The van der Waals surface area contributed by atoms with Crippen LogP contribution in [0.3, 0.4) is 0 Å². The summed E-state index contributed by atoms with van der Waals surface area (Å²) in [6, 6.07) is 40.1. The number of phenols is 1. The van der Waals surface area contributed by atoms with Crippen molar-refractivity contribution in [3.8, 4) is 78.3 Å². The summed E-state index contributed by atoms with van der Waals surface area (Å²) in [5.41, 5.74) is 7.83. The van der Waals surface area contributed by atoms with Gasteiger partial charge in [0.15, 0.2) is 5.75 Å². The molecule has 0 radical (unpaired) electrons.